The molecular weight excluding hydrogens is 242 g/mol. The predicted octanol–water partition coefficient (Wildman–Crippen LogP) is 1.88. The molecule has 0 spiro atoms. The van der Waals surface area contributed by atoms with Gasteiger partial charge in [0.2, 0.25) is 10.0 Å². The van der Waals surface area contributed by atoms with Gasteiger partial charge in [0.25, 0.3) is 0 Å². The Morgan fingerprint density at radius 1 is 1.31 bits per heavy atom. The van der Waals surface area contributed by atoms with Crippen LogP contribution < -0.4 is 4.72 Å². The summed E-state index contributed by atoms with van der Waals surface area (Å²) in [5.74, 6) is 0. The van der Waals surface area contributed by atoms with Crippen molar-refractivity contribution in [2.45, 2.75) is 25.5 Å². The van der Waals surface area contributed by atoms with E-state index in [0.717, 1.165) is 5.56 Å². The topological polar surface area (TPSA) is 46.2 Å². The van der Waals surface area contributed by atoms with E-state index < -0.39 is 15.3 Å². The fourth-order valence-corrected chi connectivity index (χ4v) is 2.23. The largest absolute Gasteiger partial charge is 0.277 e. The lowest BCUT2D eigenvalue weighted by Crippen LogP contribution is -2.35. The molecule has 0 heterocycles. The van der Waals surface area contributed by atoms with Gasteiger partial charge in [-0.25, -0.2) is 8.42 Å². The van der Waals surface area contributed by atoms with Gasteiger partial charge < -0.3 is 0 Å². The molecule has 0 radical (unpaired) electrons. The van der Waals surface area contributed by atoms with E-state index in [0.29, 0.717) is 11.4 Å². The first kappa shape index (κ1) is 13.1. The third-order valence-electron chi connectivity index (χ3n) is 2.08. The van der Waals surface area contributed by atoms with Crippen LogP contribution in [0.1, 0.15) is 19.4 Å². The van der Waals surface area contributed by atoms with Crippen LogP contribution in [0.4, 0.5) is 0 Å². The normalized spacial score (nSPS) is 11.4. The van der Waals surface area contributed by atoms with Crippen LogP contribution in [-0.2, 0) is 16.4 Å². The first-order chi connectivity index (χ1) is 7.42. The zero-order chi connectivity index (χ0) is 12.2. The van der Waals surface area contributed by atoms with Crippen molar-refractivity contribution in [3.8, 4) is 0 Å². The van der Waals surface area contributed by atoms with Gasteiger partial charge in [0, 0.05) is 6.42 Å². The van der Waals surface area contributed by atoms with Crippen molar-refractivity contribution >= 4 is 27.2 Å². The average Bonchev–Trinajstić information content (AvgIpc) is 2.17. The zero-order valence-electron chi connectivity index (χ0n) is 9.30. The minimum Gasteiger partial charge on any atom is -0.277 e. The van der Waals surface area contributed by atoms with Crippen LogP contribution in [0.15, 0.2) is 30.3 Å². The molecule has 5 heteroatoms. The highest BCUT2D eigenvalue weighted by atomic mass is 32.2. The molecule has 1 N–H and O–H groups in total. The molecule has 0 aromatic heterocycles. The highest BCUT2D eigenvalue weighted by molar-refractivity contribution is 7.92. The first-order valence-electron chi connectivity index (χ1n) is 5.00. The molecule has 0 saturated heterocycles. The third kappa shape index (κ3) is 3.90. The quantitative estimate of drug-likeness (QED) is 0.838. The van der Waals surface area contributed by atoms with Gasteiger partial charge in [0.05, 0.1) is 10.2 Å². The summed E-state index contributed by atoms with van der Waals surface area (Å²) in [7, 11) is -3.31. The molecular formula is C11H15NO2S2. The summed E-state index contributed by atoms with van der Waals surface area (Å²) in [5, 5.41) is -0.471. The van der Waals surface area contributed by atoms with Gasteiger partial charge in [-0.15, -0.1) is 0 Å². The maximum absolute atomic E-state index is 11.5. The van der Waals surface area contributed by atoms with Gasteiger partial charge in [-0.1, -0.05) is 42.5 Å². The highest BCUT2D eigenvalue weighted by Gasteiger charge is 2.16. The lowest BCUT2D eigenvalue weighted by molar-refractivity contribution is 0.583. The van der Waals surface area contributed by atoms with E-state index in [2.05, 4.69) is 4.72 Å². The number of nitrogens with one attached hydrogen (secondary N) is 1. The third-order valence-corrected chi connectivity index (χ3v) is 4.23. The lowest BCUT2D eigenvalue weighted by atomic mass is 10.2. The molecule has 3 nitrogen and oxygen atoms in total. The summed E-state index contributed by atoms with van der Waals surface area (Å²) in [6, 6.07) is 9.53. The minimum absolute atomic E-state index is 0.333. The molecule has 0 aliphatic carbocycles. The zero-order valence-corrected chi connectivity index (χ0v) is 10.9. The van der Waals surface area contributed by atoms with Crippen LogP contribution in [0.25, 0.3) is 0 Å². The van der Waals surface area contributed by atoms with Crippen LogP contribution in [0.2, 0.25) is 0 Å². The average molecular weight is 257 g/mol. The van der Waals surface area contributed by atoms with E-state index in [4.69, 9.17) is 12.2 Å². The Balaban J connectivity index is 2.62. The Kier molecular flexibility index (Phi) is 4.44. The van der Waals surface area contributed by atoms with Crippen molar-refractivity contribution in [1.82, 2.24) is 4.72 Å². The van der Waals surface area contributed by atoms with E-state index in [-0.39, 0.29) is 0 Å². The predicted molar refractivity (Wildman–Crippen MR) is 69.9 cm³/mol. The fourth-order valence-electron chi connectivity index (χ4n) is 1.09. The summed E-state index contributed by atoms with van der Waals surface area (Å²) in [6.07, 6.45) is 0.447. The second kappa shape index (κ2) is 5.41. The number of benzene rings is 1. The fraction of sp³-hybridized carbons (Fsp3) is 0.364. The minimum atomic E-state index is -3.31. The van der Waals surface area contributed by atoms with Crippen molar-refractivity contribution in [2.75, 3.05) is 0 Å². The Bertz CT molecular complexity index is 452. The Hall–Kier alpha value is -0.940. The monoisotopic (exact) mass is 257 g/mol. The molecule has 0 aliphatic rings. The van der Waals surface area contributed by atoms with Crippen LogP contribution in [0.3, 0.4) is 0 Å². The van der Waals surface area contributed by atoms with Crippen LogP contribution in [0.5, 0.6) is 0 Å². The summed E-state index contributed by atoms with van der Waals surface area (Å²) in [4.78, 5) is 0.333. The molecule has 0 saturated carbocycles. The molecule has 0 aliphatic heterocycles. The van der Waals surface area contributed by atoms with Crippen molar-refractivity contribution < 1.29 is 8.42 Å². The Labute approximate surface area is 102 Å². The van der Waals surface area contributed by atoms with Crippen molar-refractivity contribution in [3.05, 3.63) is 35.9 Å². The van der Waals surface area contributed by atoms with Gasteiger partial charge in [-0.05, 0) is 19.4 Å². The standard InChI is InChI=1S/C11H15NO2S2/c1-9(2)16(13,14)12-11(15)8-10-6-4-3-5-7-10/h3-7,9H,8H2,1-2H3,(H,12,15). The number of sulfonamides is 1. The van der Waals surface area contributed by atoms with E-state index in [9.17, 15) is 8.42 Å². The molecule has 16 heavy (non-hydrogen) atoms. The summed E-state index contributed by atoms with van der Waals surface area (Å²) >= 11 is 5.01. The summed E-state index contributed by atoms with van der Waals surface area (Å²) in [6.45, 7) is 3.24. The van der Waals surface area contributed by atoms with Crippen LogP contribution >= 0.6 is 12.2 Å². The molecule has 1 rings (SSSR count). The number of hydrogen-bond acceptors (Lipinski definition) is 3. The van der Waals surface area contributed by atoms with E-state index in [1.165, 1.54) is 0 Å². The summed E-state index contributed by atoms with van der Waals surface area (Å²) < 4.78 is 25.5. The van der Waals surface area contributed by atoms with Crippen LogP contribution in [0, 0.1) is 0 Å². The molecule has 0 unspecified atom stereocenters. The van der Waals surface area contributed by atoms with Gasteiger partial charge >= 0.3 is 0 Å². The lowest BCUT2D eigenvalue weighted by Gasteiger charge is -2.11. The van der Waals surface area contributed by atoms with Gasteiger partial charge in [-0.2, -0.15) is 0 Å². The van der Waals surface area contributed by atoms with Crippen molar-refractivity contribution in [2.24, 2.45) is 0 Å². The molecule has 0 fully saturated rings. The smallest absolute Gasteiger partial charge is 0.235 e. The molecule has 0 bridgehead atoms. The van der Waals surface area contributed by atoms with Crippen molar-refractivity contribution in [3.63, 3.8) is 0 Å². The maximum Gasteiger partial charge on any atom is 0.235 e. The van der Waals surface area contributed by atoms with Gasteiger partial charge in [-0.3, -0.25) is 4.72 Å². The van der Waals surface area contributed by atoms with Crippen molar-refractivity contribution in [1.29, 1.82) is 0 Å². The second-order valence-electron chi connectivity index (χ2n) is 3.78. The maximum atomic E-state index is 11.5. The van der Waals surface area contributed by atoms with Gasteiger partial charge in [0.1, 0.15) is 0 Å². The molecule has 1 aromatic carbocycles. The van der Waals surface area contributed by atoms with E-state index in [1.54, 1.807) is 13.8 Å². The Morgan fingerprint density at radius 3 is 2.38 bits per heavy atom. The van der Waals surface area contributed by atoms with E-state index >= 15 is 0 Å². The molecule has 88 valence electrons. The van der Waals surface area contributed by atoms with Gasteiger partial charge in [0.15, 0.2) is 0 Å². The number of hydrogen-bond donors (Lipinski definition) is 1. The molecule has 1 aromatic rings. The molecule has 0 amide bonds. The molecule has 0 atom stereocenters. The number of thiocarbonyl (C=S) groups is 1. The number of rotatable bonds is 4. The first-order valence-corrected chi connectivity index (χ1v) is 6.95. The highest BCUT2D eigenvalue weighted by Crippen LogP contribution is 2.02. The summed E-state index contributed by atoms with van der Waals surface area (Å²) in [5.41, 5.74) is 0.999. The second-order valence-corrected chi connectivity index (χ2v) is 6.51. The van der Waals surface area contributed by atoms with Crippen LogP contribution in [-0.4, -0.2) is 18.7 Å². The van der Waals surface area contributed by atoms with E-state index in [1.807, 2.05) is 30.3 Å². The Morgan fingerprint density at radius 2 is 1.88 bits per heavy atom. The SMILES string of the molecule is CC(C)S(=O)(=O)NC(=S)Cc1ccccc1.